The molecule has 9 heteroatoms. The van der Waals surface area contributed by atoms with E-state index >= 15 is 0 Å². The molecule has 2 aromatic carbocycles. The van der Waals surface area contributed by atoms with Gasteiger partial charge in [0.2, 0.25) is 10.0 Å². The molecule has 0 aliphatic heterocycles. The Morgan fingerprint density at radius 1 is 1.14 bits per heavy atom. The predicted octanol–water partition coefficient (Wildman–Crippen LogP) is 3.30. The molecule has 0 aliphatic carbocycles. The Bertz CT molecular complexity index is 1010. The number of hydrogen-bond acceptors (Lipinski definition) is 6. The zero-order chi connectivity index (χ0) is 21.6. The summed E-state index contributed by atoms with van der Waals surface area (Å²) < 4.78 is 37.4. The molecule has 0 fully saturated rings. The SMILES string of the molecule is CCOC(=O)c1ccc(S(=O)(=O)N(CC(=O)OC)Cc2ccccc2C)c(Br)c1. The third kappa shape index (κ3) is 5.65. The van der Waals surface area contributed by atoms with Crippen molar-refractivity contribution in [2.24, 2.45) is 0 Å². The molecule has 0 spiro atoms. The third-order valence-corrected chi connectivity index (χ3v) is 6.97. The van der Waals surface area contributed by atoms with Gasteiger partial charge in [-0.05, 0) is 59.1 Å². The van der Waals surface area contributed by atoms with E-state index < -0.39 is 28.5 Å². The van der Waals surface area contributed by atoms with Gasteiger partial charge in [0.05, 0.1) is 24.2 Å². The molecule has 0 atom stereocenters. The fraction of sp³-hybridized carbons (Fsp3) is 0.300. The van der Waals surface area contributed by atoms with Gasteiger partial charge in [0.25, 0.3) is 0 Å². The molecule has 0 bridgehead atoms. The average molecular weight is 484 g/mol. The van der Waals surface area contributed by atoms with Gasteiger partial charge in [0, 0.05) is 11.0 Å². The predicted molar refractivity (Wildman–Crippen MR) is 111 cm³/mol. The lowest BCUT2D eigenvalue weighted by atomic mass is 10.1. The first-order chi connectivity index (χ1) is 13.7. The zero-order valence-electron chi connectivity index (χ0n) is 16.3. The molecule has 0 unspecified atom stereocenters. The van der Waals surface area contributed by atoms with Crippen LogP contribution in [0.25, 0.3) is 0 Å². The molecule has 2 aromatic rings. The molecule has 2 rings (SSSR count). The van der Waals surface area contributed by atoms with E-state index in [0.29, 0.717) is 0 Å². The lowest BCUT2D eigenvalue weighted by Gasteiger charge is -2.23. The number of halogens is 1. The minimum Gasteiger partial charge on any atom is -0.468 e. The molecule has 29 heavy (non-hydrogen) atoms. The average Bonchev–Trinajstić information content (AvgIpc) is 2.68. The summed E-state index contributed by atoms with van der Waals surface area (Å²) in [7, 11) is -2.87. The molecule has 0 amide bonds. The number of methoxy groups -OCH3 is 1. The van der Waals surface area contributed by atoms with Gasteiger partial charge in [-0.25, -0.2) is 13.2 Å². The number of ether oxygens (including phenoxy) is 2. The minimum absolute atomic E-state index is 0.00380. The van der Waals surface area contributed by atoms with Gasteiger partial charge in [0.1, 0.15) is 6.54 Å². The number of sulfonamides is 1. The van der Waals surface area contributed by atoms with Crippen LogP contribution in [0.15, 0.2) is 51.8 Å². The second-order valence-electron chi connectivity index (χ2n) is 6.14. The number of hydrogen-bond donors (Lipinski definition) is 0. The van der Waals surface area contributed by atoms with Crippen LogP contribution in [0.4, 0.5) is 0 Å². The Balaban J connectivity index is 2.44. The molecule has 7 nitrogen and oxygen atoms in total. The van der Waals surface area contributed by atoms with Crippen LogP contribution in [-0.2, 0) is 30.8 Å². The monoisotopic (exact) mass is 483 g/mol. The summed E-state index contributed by atoms with van der Waals surface area (Å²) in [4.78, 5) is 23.7. The zero-order valence-corrected chi connectivity index (χ0v) is 18.7. The van der Waals surface area contributed by atoms with Gasteiger partial charge in [-0.15, -0.1) is 0 Å². The van der Waals surface area contributed by atoms with E-state index in [-0.39, 0.29) is 28.1 Å². The van der Waals surface area contributed by atoms with Gasteiger partial charge in [-0.3, -0.25) is 4.79 Å². The van der Waals surface area contributed by atoms with Crippen LogP contribution in [0.5, 0.6) is 0 Å². The lowest BCUT2D eigenvalue weighted by Crippen LogP contribution is -2.36. The van der Waals surface area contributed by atoms with Crippen molar-refractivity contribution >= 4 is 37.9 Å². The Morgan fingerprint density at radius 2 is 1.83 bits per heavy atom. The molecule has 0 aliphatic rings. The van der Waals surface area contributed by atoms with Crippen LogP contribution >= 0.6 is 15.9 Å². The van der Waals surface area contributed by atoms with Crippen molar-refractivity contribution < 1.29 is 27.5 Å². The third-order valence-electron chi connectivity index (χ3n) is 4.20. The molecular weight excluding hydrogens is 462 g/mol. The standard InChI is InChI=1S/C20H22BrNO6S/c1-4-28-20(24)15-9-10-18(17(21)11-15)29(25,26)22(13-19(23)27-3)12-16-8-6-5-7-14(16)2/h5-11H,4,12-13H2,1-3H3. The van der Waals surface area contributed by atoms with Crippen molar-refractivity contribution in [3.05, 3.63) is 63.6 Å². The second kappa shape index (κ2) is 10.00. The Morgan fingerprint density at radius 3 is 2.41 bits per heavy atom. The quantitative estimate of drug-likeness (QED) is 0.535. The normalized spacial score (nSPS) is 11.3. The van der Waals surface area contributed by atoms with Crippen LogP contribution in [0.2, 0.25) is 0 Å². The highest BCUT2D eigenvalue weighted by atomic mass is 79.9. The van der Waals surface area contributed by atoms with Crippen LogP contribution in [0.1, 0.15) is 28.4 Å². The van der Waals surface area contributed by atoms with Crippen molar-refractivity contribution in [2.75, 3.05) is 20.3 Å². The maximum atomic E-state index is 13.3. The van der Waals surface area contributed by atoms with Gasteiger partial charge < -0.3 is 9.47 Å². The molecule has 0 radical (unpaired) electrons. The summed E-state index contributed by atoms with van der Waals surface area (Å²) in [6, 6.07) is 11.4. The first-order valence-electron chi connectivity index (χ1n) is 8.78. The Kier molecular flexibility index (Phi) is 7.95. The number of esters is 2. The summed E-state index contributed by atoms with van der Waals surface area (Å²) >= 11 is 3.22. The second-order valence-corrected chi connectivity index (χ2v) is 8.90. The molecule has 0 N–H and O–H groups in total. The first-order valence-corrected chi connectivity index (χ1v) is 11.0. The van der Waals surface area contributed by atoms with Crippen molar-refractivity contribution in [1.29, 1.82) is 0 Å². The fourth-order valence-electron chi connectivity index (χ4n) is 2.60. The van der Waals surface area contributed by atoms with Gasteiger partial charge in [0.15, 0.2) is 0 Å². The van der Waals surface area contributed by atoms with Gasteiger partial charge >= 0.3 is 11.9 Å². The number of benzene rings is 2. The van der Waals surface area contributed by atoms with E-state index in [2.05, 4.69) is 20.7 Å². The van der Waals surface area contributed by atoms with Crippen LogP contribution < -0.4 is 0 Å². The number of rotatable bonds is 8. The Hall–Kier alpha value is -2.23. The highest BCUT2D eigenvalue weighted by Crippen LogP contribution is 2.28. The van der Waals surface area contributed by atoms with Crippen LogP contribution in [0, 0.1) is 6.92 Å². The molecule has 0 heterocycles. The van der Waals surface area contributed by atoms with E-state index in [1.54, 1.807) is 19.1 Å². The summed E-state index contributed by atoms with van der Waals surface area (Å²) in [6.07, 6.45) is 0. The van der Waals surface area contributed by atoms with E-state index in [0.717, 1.165) is 15.4 Å². The minimum atomic E-state index is -4.07. The van der Waals surface area contributed by atoms with Gasteiger partial charge in [-0.2, -0.15) is 4.31 Å². The number of carbonyl (C=O) groups excluding carboxylic acids is 2. The fourth-order valence-corrected chi connectivity index (χ4v) is 5.00. The summed E-state index contributed by atoms with van der Waals surface area (Å²) in [5.41, 5.74) is 1.88. The summed E-state index contributed by atoms with van der Waals surface area (Å²) in [5, 5.41) is 0. The smallest absolute Gasteiger partial charge is 0.338 e. The first kappa shape index (κ1) is 23.1. The molecule has 156 valence electrons. The van der Waals surface area contributed by atoms with E-state index in [1.165, 1.54) is 25.3 Å². The summed E-state index contributed by atoms with van der Waals surface area (Å²) in [5.74, 6) is -1.23. The van der Waals surface area contributed by atoms with Crippen molar-refractivity contribution in [3.63, 3.8) is 0 Å². The largest absolute Gasteiger partial charge is 0.468 e. The summed E-state index contributed by atoms with van der Waals surface area (Å²) in [6.45, 7) is 3.31. The van der Waals surface area contributed by atoms with Gasteiger partial charge in [-0.1, -0.05) is 24.3 Å². The maximum absolute atomic E-state index is 13.3. The lowest BCUT2D eigenvalue weighted by molar-refractivity contribution is -0.140. The Labute approximate surface area is 178 Å². The topological polar surface area (TPSA) is 90.0 Å². The maximum Gasteiger partial charge on any atom is 0.338 e. The molecule has 0 aromatic heterocycles. The molecule has 0 saturated heterocycles. The van der Waals surface area contributed by atoms with Crippen LogP contribution in [-0.4, -0.2) is 44.9 Å². The van der Waals surface area contributed by atoms with Crippen molar-refractivity contribution in [2.45, 2.75) is 25.3 Å². The van der Waals surface area contributed by atoms with Crippen molar-refractivity contribution in [3.8, 4) is 0 Å². The van der Waals surface area contributed by atoms with Crippen LogP contribution in [0.3, 0.4) is 0 Å². The molecule has 0 saturated carbocycles. The highest BCUT2D eigenvalue weighted by molar-refractivity contribution is 9.10. The number of aryl methyl sites for hydroxylation is 1. The van der Waals surface area contributed by atoms with E-state index in [4.69, 9.17) is 4.74 Å². The number of carbonyl (C=O) groups is 2. The number of nitrogens with zero attached hydrogens (tertiary/aromatic N) is 1. The van der Waals surface area contributed by atoms with E-state index in [9.17, 15) is 18.0 Å². The molecular formula is C20H22BrNO6S. The van der Waals surface area contributed by atoms with E-state index in [1.807, 2.05) is 19.1 Å². The highest BCUT2D eigenvalue weighted by Gasteiger charge is 2.30. The van der Waals surface area contributed by atoms with Crippen molar-refractivity contribution in [1.82, 2.24) is 4.31 Å².